The number of nitrogens with two attached hydrogens (primary N) is 1. The van der Waals surface area contributed by atoms with Gasteiger partial charge in [0.25, 0.3) is 0 Å². The number of nitrogens with one attached hydrogen (secondary N) is 2. The molecule has 0 spiro atoms. The molecule has 0 saturated heterocycles. The quantitative estimate of drug-likeness (QED) is 0.563. The molecule has 2 aromatic heterocycles. The van der Waals surface area contributed by atoms with Gasteiger partial charge in [-0.3, -0.25) is 0 Å². The number of nitrogen functional groups attached to an aromatic ring is 1. The Balaban J connectivity index is 1.88. The lowest BCUT2D eigenvalue weighted by atomic mass is 10.3. The summed E-state index contributed by atoms with van der Waals surface area (Å²) in [5.41, 5.74) is 7.17. The van der Waals surface area contributed by atoms with Gasteiger partial charge >= 0.3 is 0 Å². The van der Waals surface area contributed by atoms with Gasteiger partial charge in [-0.15, -0.1) is 0 Å². The first-order chi connectivity index (χ1) is 12.1. The van der Waals surface area contributed by atoms with Crippen LogP contribution in [-0.4, -0.2) is 22.1 Å². The van der Waals surface area contributed by atoms with Crippen LogP contribution in [0.25, 0.3) is 0 Å². The van der Waals surface area contributed by atoms with Crippen molar-refractivity contribution in [3.05, 3.63) is 52.4 Å². The molecule has 1 aromatic carbocycles. The van der Waals surface area contributed by atoms with Crippen molar-refractivity contribution in [1.82, 2.24) is 15.0 Å². The average Bonchev–Trinajstić information content (AvgIpc) is 2.60. The second-order valence-electron chi connectivity index (χ2n) is 4.94. The van der Waals surface area contributed by atoms with Gasteiger partial charge in [0.2, 0.25) is 0 Å². The normalized spacial score (nSPS) is 10.4. The molecule has 0 radical (unpaired) electrons. The Morgan fingerprint density at radius 2 is 1.84 bits per heavy atom. The summed E-state index contributed by atoms with van der Waals surface area (Å²) < 4.78 is 6.19. The van der Waals surface area contributed by atoms with Crippen molar-refractivity contribution in [2.45, 2.75) is 0 Å². The number of halogens is 2. The molecule has 0 unspecified atom stereocenters. The molecule has 0 aliphatic carbocycles. The van der Waals surface area contributed by atoms with E-state index in [4.69, 9.17) is 22.1 Å². The first-order valence-electron chi connectivity index (χ1n) is 7.16. The number of hydrogen-bond donors (Lipinski definition) is 3. The van der Waals surface area contributed by atoms with Crippen LogP contribution in [0.1, 0.15) is 0 Å². The number of rotatable bonds is 5. The number of pyridine rings is 1. The lowest BCUT2D eigenvalue weighted by molar-refractivity contribution is 0.417. The molecule has 0 aliphatic heterocycles. The van der Waals surface area contributed by atoms with E-state index in [9.17, 15) is 0 Å². The highest BCUT2D eigenvalue weighted by molar-refractivity contribution is 9.10. The Hall–Kier alpha value is -2.58. The topological polar surface area (TPSA) is 98.0 Å². The van der Waals surface area contributed by atoms with Gasteiger partial charge in [-0.25, -0.2) is 15.0 Å². The fourth-order valence-corrected chi connectivity index (χ4v) is 2.48. The molecule has 2 heterocycles. The van der Waals surface area contributed by atoms with E-state index in [1.165, 1.54) is 6.33 Å². The van der Waals surface area contributed by atoms with E-state index in [0.717, 1.165) is 4.47 Å². The lowest BCUT2D eigenvalue weighted by Crippen LogP contribution is -2.06. The van der Waals surface area contributed by atoms with Gasteiger partial charge < -0.3 is 21.1 Å². The molecule has 7 nitrogen and oxygen atoms in total. The summed E-state index contributed by atoms with van der Waals surface area (Å²) in [4.78, 5) is 12.6. The van der Waals surface area contributed by atoms with Gasteiger partial charge in [0.05, 0.1) is 12.8 Å². The zero-order valence-electron chi connectivity index (χ0n) is 13.1. The van der Waals surface area contributed by atoms with Crippen molar-refractivity contribution in [3.63, 3.8) is 0 Å². The third-order valence-electron chi connectivity index (χ3n) is 3.27. The van der Waals surface area contributed by atoms with E-state index < -0.39 is 0 Å². The predicted molar refractivity (Wildman–Crippen MR) is 103 cm³/mol. The third kappa shape index (κ3) is 4.09. The average molecular weight is 422 g/mol. The molecule has 0 atom stereocenters. The van der Waals surface area contributed by atoms with Gasteiger partial charge in [0.1, 0.15) is 23.6 Å². The molecule has 0 aliphatic rings. The number of aromatic nitrogens is 3. The fourth-order valence-electron chi connectivity index (χ4n) is 2.07. The number of nitrogens with zero attached hydrogens (tertiary/aromatic N) is 3. The smallest absolute Gasteiger partial charge is 0.160 e. The van der Waals surface area contributed by atoms with Crippen LogP contribution in [-0.2, 0) is 0 Å². The van der Waals surface area contributed by atoms with Crippen LogP contribution in [0.15, 0.2) is 47.3 Å². The van der Waals surface area contributed by atoms with Gasteiger partial charge in [-0.2, -0.15) is 0 Å². The molecular weight excluding hydrogens is 408 g/mol. The second-order valence-corrected chi connectivity index (χ2v) is 6.29. The first kappa shape index (κ1) is 17.2. The molecule has 0 amide bonds. The standard InChI is InChI=1S/C16H14BrClN6O/c1-25-12-4-3-10(18)6-11(12)23-15-14(19)16(22-8-21-15)24-13-5-2-9(17)7-20-13/h2-8H,19H2,1H3,(H2,20,21,22,23,24). The minimum absolute atomic E-state index is 0.342. The zero-order valence-corrected chi connectivity index (χ0v) is 15.5. The van der Waals surface area contributed by atoms with Crippen LogP contribution >= 0.6 is 27.5 Å². The van der Waals surface area contributed by atoms with Gasteiger partial charge in [0.15, 0.2) is 11.6 Å². The molecule has 0 fully saturated rings. The van der Waals surface area contributed by atoms with Crippen molar-refractivity contribution in [2.75, 3.05) is 23.5 Å². The van der Waals surface area contributed by atoms with Crippen LogP contribution in [0.2, 0.25) is 5.02 Å². The lowest BCUT2D eigenvalue weighted by Gasteiger charge is -2.14. The molecule has 9 heteroatoms. The van der Waals surface area contributed by atoms with Gasteiger partial charge in [-0.05, 0) is 46.3 Å². The van der Waals surface area contributed by atoms with Crippen molar-refractivity contribution < 1.29 is 4.74 Å². The predicted octanol–water partition coefficient (Wildman–Crippen LogP) is 4.37. The molecule has 3 rings (SSSR count). The van der Waals surface area contributed by atoms with E-state index in [2.05, 4.69) is 41.5 Å². The first-order valence-corrected chi connectivity index (χ1v) is 8.33. The second kappa shape index (κ2) is 7.54. The minimum atomic E-state index is 0.342. The van der Waals surface area contributed by atoms with Gasteiger partial charge in [0, 0.05) is 15.7 Å². The highest BCUT2D eigenvalue weighted by atomic mass is 79.9. The summed E-state index contributed by atoms with van der Waals surface area (Å²) in [5.74, 6) is 2.09. The van der Waals surface area contributed by atoms with Crippen LogP contribution in [0.4, 0.5) is 28.8 Å². The number of benzene rings is 1. The molecule has 0 bridgehead atoms. The summed E-state index contributed by atoms with van der Waals surface area (Å²) in [7, 11) is 1.57. The molecule has 0 saturated carbocycles. The summed E-state index contributed by atoms with van der Waals surface area (Å²) in [5, 5.41) is 6.74. The maximum absolute atomic E-state index is 6.18. The van der Waals surface area contributed by atoms with Crippen LogP contribution in [0.5, 0.6) is 5.75 Å². The van der Waals surface area contributed by atoms with Gasteiger partial charge in [-0.1, -0.05) is 11.6 Å². The summed E-state index contributed by atoms with van der Waals surface area (Å²) in [6, 6.07) is 8.89. The van der Waals surface area contributed by atoms with E-state index in [1.54, 1.807) is 37.6 Å². The number of methoxy groups -OCH3 is 1. The van der Waals surface area contributed by atoms with E-state index in [1.807, 2.05) is 6.07 Å². The molecule has 25 heavy (non-hydrogen) atoms. The minimum Gasteiger partial charge on any atom is -0.495 e. The van der Waals surface area contributed by atoms with Crippen LogP contribution < -0.4 is 21.1 Å². The Kier molecular flexibility index (Phi) is 5.20. The summed E-state index contributed by atoms with van der Waals surface area (Å²) in [6.45, 7) is 0. The van der Waals surface area contributed by atoms with Crippen LogP contribution in [0, 0.1) is 0 Å². The number of hydrogen-bond acceptors (Lipinski definition) is 7. The number of anilines is 5. The third-order valence-corrected chi connectivity index (χ3v) is 3.98. The Morgan fingerprint density at radius 1 is 1.08 bits per heavy atom. The Bertz CT molecular complexity index is 890. The largest absolute Gasteiger partial charge is 0.495 e. The molecule has 4 N–H and O–H groups in total. The summed E-state index contributed by atoms with van der Waals surface area (Å²) in [6.07, 6.45) is 3.08. The molecule has 3 aromatic rings. The van der Waals surface area contributed by atoms with Crippen molar-refractivity contribution in [1.29, 1.82) is 0 Å². The van der Waals surface area contributed by atoms with Crippen molar-refractivity contribution in [3.8, 4) is 5.75 Å². The highest BCUT2D eigenvalue weighted by Gasteiger charge is 2.12. The summed E-state index contributed by atoms with van der Waals surface area (Å²) >= 11 is 9.39. The maximum Gasteiger partial charge on any atom is 0.160 e. The maximum atomic E-state index is 6.18. The van der Waals surface area contributed by atoms with Crippen molar-refractivity contribution in [2.24, 2.45) is 0 Å². The Labute approximate surface area is 157 Å². The van der Waals surface area contributed by atoms with Crippen molar-refractivity contribution >= 4 is 56.4 Å². The van der Waals surface area contributed by atoms with E-state index in [0.29, 0.717) is 39.6 Å². The SMILES string of the molecule is COc1ccc(Cl)cc1Nc1ncnc(Nc2ccc(Br)cn2)c1N. The molecule has 128 valence electrons. The van der Waals surface area contributed by atoms with Crippen LogP contribution in [0.3, 0.4) is 0 Å². The monoisotopic (exact) mass is 420 g/mol. The number of ether oxygens (including phenoxy) is 1. The molecular formula is C16H14BrClN6O. The Morgan fingerprint density at radius 3 is 2.52 bits per heavy atom. The fraction of sp³-hybridized carbons (Fsp3) is 0.0625. The zero-order chi connectivity index (χ0) is 17.8. The van der Waals surface area contributed by atoms with E-state index >= 15 is 0 Å². The van der Waals surface area contributed by atoms with E-state index in [-0.39, 0.29) is 0 Å². The highest BCUT2D eigenvalue weighted by Crippen LogP contribution is 2.33.